The molecule has 108 valence electrons. The van der Waals surface area contributed by atoms with Gasteiger partial charge in [0.25, 0.3) is 0 Å². The molecule has 1 aromatic rings. The number of fused-ring (bicyclic) bond motifs is 1. The number of primary amides is 1. The van der Waals surface area contributed by atoms with E-state index in [1.165, 1.54) is 11.1 Å². The van der Waals surface area contributed by atoms with Gasteiger partial charge in [0.15, 0.2) is 0 Å². The number of nitrogens with two attached hydrogens (primary N) is 1. The third-order valence-electron chi connectivity index (χ3n) is 4.39. The molecule has 1 atom stereocenters. The first-order chi connectivity index (χ1) is 9.57. The molecule has 1 fully saturated rings. The summed E-state index contributed by atoms with van der Waals surface area (Å²) in [6.07, 6.45) is 3.37. The highest BCUT2D eigenvalue weighted by molar-refractivity contribution is 5.84. The third-order valence-corrected chi connectivity index (χ3v) is 4.39. The predicted octanol–water partition coefficient (Wildman–Crippen LogP) is 1.04. The Bertz CT molecular complexity index is 512. The van der Waals surface area contributed by atoms with Crippen LogP contribution in [0.1, 0.15) is 30.9 Å². The molecule has 1 aliphatic heterocycles. The average molecular weight is 273 g/mol. The average Bonchev–Trinajstić information content (AvgIpc) is 3.22. The smallest absolute Gasteiger partial charge is 0.238 e. The quantitative estimate of drug-likeness (QED) is 0.843. The highest BCUT2D eigenvalue weighted by Crippen LogP contribution is 2.25. The Morgan fingerprint density at radius 3 is 2.75 bits per heavy atom. The van der Waals surface area contributed by atoms with Crippen LogP contribution < -0.4 is 11.1 Å². The summed E-state index contributed by atoms with van der Waals surface area (Å²) >= 11 is 0. The van der Waals surface area contributed by atoms with Gasteiger partial charge in [0.1, 0.15) is 5.54 Å². The molecule has 1 aliphatic carbocycles. The van der Waals surface area contributed by atoms with Gasteiger partial charge in [0, 0.05) is 25.7 Å². The fourth-order valence-corrected chi connectivity index (χ4v) is 3.01. The van der Waals surface area contributed by atoms with Crippen molar-refractivity contribution in [2.24, 2.45) is 5.73 Å². The summed E-state index contributed by atoms with van der Waals surface area (Å²) in [6, 6.07) is 9.03. The van der Waals surface area contributed by atoms with Crippen molar-refractivity contribution in [2.45, 2.75) is 44.3 Å². The van der Waals surface area contributed by atoms with E-state index in [1.54, 1.807) is 0 Å². The lowest BCUT2D eigenvalue weighted by Crippen LogP contribution is -2.60. The zero-order valence-corrected chi connectivity index (χ0v) is 12.1. The molecule has 3 N–H and O–H groups in total. The van der Waals surface area contributed by atoms with Gasteiger partial charge in [-0.25, -0.2) is 0 Å². The largest absolute Gasteiger partial charge is 0.368 e. The van der Waals surface area contributed by atoms with E-state index >= 15 is 0 Å². The van der Waals surface area contributed by atoms with E-state index in [-0.39, 0.29) is 5.91 Å². The van der Waals surface area contributed by atoms with Crippen LogP contribution in [0.15, 0.2) is 24.3 Å². The molecule has 2 aliphatic rings. The van der Waals surface area contributed by atoms with E-state index in [0.717, 1.165) is 32.4 Å². The van der Waals surface area contributed by atoms with Crippen molar-refractivity contribution in [1.82, 2.24) is 10.2 Å². The van der Waals surface area contributed by atoms with Gasteiger partial charge in [-0.2, -0.15) is 0 Å². The van der Waals surface area contributed by atoms with Crippen molar-refractivity contribution in [3.8, 4) is 0 Å². The number of nitrogens with zero attached hydrogens (tertiary/aromatic N) is 1. The van der Waals surface area contributed by atoms with Crippen LogP contribution in [0.4, 0.5) is 0 Å². The van der Waals surface area contributed by atoms with Crippen LogP contribution in [-0.4, -0.2) is 35.5 Å². The number of hydrogen-bond donors (Lipinski definition) is 2. The van der Waals surface area contributed by atoms with Crippen molar-refractivity contribution in [3.05, 3.63) is 35.4 Å². The van der Waals surface area contributed by atoms with Crippen LogP contribution in [-0.2, 0) is 17.8 Å². The molecule has 1 amide bonds. The van der Waals surface area contributed by atoms with E-state index in [0.29, 0.717) is 12.6 Å². The van der Waals surface area contributed by atoms with E-state index in [4.69, 9.17) is 5.73 Å². The standard InChI is InChI=1S/C16H23N3O/c1-16(15(17)20,18-14-6-7-14)11-19-9-8-12-4-2-3-5-13(12)10-19/h2-5,14,18H,6-11H2,1H3,(H2,17,20). The number of nitrogens with one attached hydrogen (secondary N) is 1. The zero-order chi connectivity index (χ0) is 14.2. The maximum absolute atomic E-state index is 11.8. The van der Waals surface area contributed by atoms with E-state index in [1.807, 2.05) is 6.92 Å². The summed E-state index contributed by atoms with van der Waals surface area (Å²) in [5.74, 6) is -0.247. The minimum Gasteiger partial charge on any atom is -0.368 e. The molecule has 3 rings (SSSR count). The number of carbonyl (C=O) groups is 1. The zero-order valence-electron chi connectivity index (χ0n) is 12.1. The SMILES string of the molecule is CC(CN1CCc2ccccc2C1)(NC1CC1)C(N)=O. The summed E-state index contributed by atoms with van der Waals surface area (Å²) in [5.41, 5.74) is 7.82. The molecule has 0 saturated heterocycles. The molecule has 0 bridgehead atoms. The summed E-state index contributed by atoms with van der Waals surface area (Å²) in [7, 11) is 0. The molecule has 4 heteroatoms. The Labute approximate surface area is 120 Å². The van der Waals surface area contributed by atoms with Gasteiger partial charge in [-0.1, -0.05) is 24.3 Å². The molecule has 4 nitrogen and oxygen atoms in total. The number of amides is 1. The Balaban J connectivity index is 1.69. The lowest BCUT2D eigenvalue weighted by Gasteiger charge is -2.36. The molecule has 0 aromatic heterocycles. The molecule has 1 saturated carbocycles. The van der Waals surface area contributed by atoms with Gasteiger partial charge >= 0.3 is 0 Å². The van der Waals surface area contributed by atoms with Gasteiger partial charge in [-0.3, -0.25) is 15.0 Å². The van der Waals surface area contributed by atoms with Crippen molar-refractivity contribution in [1.29, 1.82) is 0 Å². The normalized spacial score (nSPS) is 22.1. The van der Waals surface area contributed by atoms with Crippen LogP contribution >= 0.6 is 0 Å². The molecule has 0 spiro atoms. The molecule has 20 heavy (non-hydrogen) atoms. The Morgan fingerprint density at radius 1 is 1.40 bits per heavy atom. The number of rotatable bonds is 5. The molecule has 1 aromatic carbocycles. The van der Waals surface area contributed by atoms with Crippen molar-refractivity contribution < 1.29 is 4.79 Å². The second-order valence-corrected chi connectivity index (χ2v) is 6.34. The first kappa shape index (κ1) is 13.6. The van der Waals surface area contributed by atoms with Crippen molar-refractivity contribution >= 4 is 5.91 Å². The highest BCUT2D eigenvalue weighted by atomic mass is 16.1. The van der Waals surface area contributed by atoms with Gasteiger partial charge in [0.05, 0.1) is 0 Å². The molecular formula is C16H23N3O. The third kappa shape index (κ3) is 2.86. The summed E-state index contributed by atoms with van der Waals surface area (Å²) in [6.45, 7) is 4.53. The monoisotopic (exact) mass is 273 g/mol. The Kier molecular flexibility index (Phi) is 3.52. The summed E-state index contributed by atoms with van der Waals surface area (Å²) in [5, 5.41) is 3.42. The Morgan fingerprint density at radius 2 is 2.10 bits per heavy atom. The topological polar surface area (TPSA) is 58.4 Å². The molecular weight excluding hydrogens is 250 g/mol. The lowest BCUT2D eigenvalue weighted by molar-refractivity contribution is -0.124. The van der Waals surface area contributed by atoms with Gasteiger partial charge in [-0.15, -0.1) is 0 Å². The van der Waals surface area contributed by atoms with Gasteiger partial charge in [0.2, 0.25) is 5.91 Å². The van der Waals surface area contributed by atoms with Crippen molar-refractivity contribution in [2.75, 3.05) is 13.1 Å². The molecule has 0 radical (unpaired) electrons. The number of carbonyl (C=O) groups excluding carboxylic acids is 1. The highest BCUT2D eigenvalue weighted by Gasteiger charge is 2.38. The van der Waals surface area contributed by atoms with Crippen LogP contribution in [0.2, 0.25) is 0 Å². The van der Waals surface area contributed by atoms with Crippen LogP contribution in [0, 0.1) is 0 Å². The van der Waals surface area contributed by atoms with Crippen LogP contribution in [0.25, 0.3) is 0 Å². The first-order valence-corrected chi connectivity index (χ1v) is 7.43. The molecule has 1 unspecified atom stereocenters. The van der Waals surface area contributed by atoms with Gasteiger partial charge in [-0.05, 0) is 37.3 Å². The lowest BCUT2D eigenvalue weighted by atomic mass is 9.95. The summed E-state index contributed by atoms with van der Waals surface area (Å²) < 4.78 is 0. The number of hydrogen-bond acceptors (Lipinski definition) is 3. The fourth-order valence-electron chi connectivity index (χ4n) is 3.01. The minimum absolute atomic E-state index is 0.247. The first-order valence-electron chi connectivity index (χ1n) is 7.43. The number of benzene rings is 1. The van der Waals surface area contributed by atoms with E-state index in [9.17, 15) is 4.79 Å². The van der Waals surface area contributed by atoms with Crippen LogP contribution in [0.3, 0.4) is 0 Å². The second-order valence-electron chi connectivity index (χ2n) is 6.34. The summed E-state index contributed by atoms with van der Waals surface area (Å²) in [4.78, 5) is 14.2. The van der Waals surface area contributed by atoms with E-state index in [2.05, 4.69) is 34.5 Å². The minimum atomic E-state index is -0.618. The maximum atomic E-state index is 11.8. The van der Waals surface area contributed by atoms with Gasteiger partial charge < -0.3 is 5.73 Å². The molecule has 1 heterocycles. The maximum Gasteiger partial charge on any atom is 0.238 e. The predicted molar refractivity (Wildman–Crippen MR) is 79.2 cm³/mol. The van der Waals surface area contributed by atoms with Crippen molar-refractivity contribution in [3.63, 3.8) is 0 Å². The fraction of sp³-hybridized carbons (Fsp3) is 0.562. The second kappa shape index (κ2) is 5.19. The van der Waals surface area contributed by atoms with E-state index < -0.39 is 5.54 Å². The van der Waals surface area contributed by atoms with Crippen LogP contribution in [0.5, 0.6) is 0 Å². The Hall–Kier alpha value is -1.39.